The second kappa shape index (κ2) is 7.98. The van der Waals surface area contributed by atoms with E-state index in [1.807, 2.05) is 6.08 Å². The van der Waals surface area contributed by atoms with Crippen molar-refractivity contribution in [1.82, 2.24) is 0 Å². The number of carbonyl (C=O) groups is 1. The molecule has 0 spiro atoms. The summed E-state index contributed by atoms with van der Waals surface area (Å²) in [6, 6.07) is 0. The zero-order valence-electron chi connectivity index (χ0n) is 14.8. The third-order valence-electron chi connectivity index (χ3n) is 5.21. The van der Waals surface area contributed by atoms with Crippen LogP contribution in [0.5, 0.6) is 0 Å². The minimum Gasteiger partial charge on any atom is -0.459 e. The van der Waals surface area contributed by atoms with Gasteiger partial charge in [-0.15, -0.1) is 0 Å². The Morgan fingerprint density at radius 1 is 0.862 bits per heavy atom. The third-order valence-corrected chi connectivity index (χ3v) is 5.21. The topological polar surface area (TPSA) is 26.3 Å². The Morgan fingerprint density at radius 3 is 1.86 bits per heavy atom. The number of rotatable bonds is 10. The van der Waals surface area contributed by atoms with E-state index in [0.717, 1.165) is 0 Å². The molecular weight excluding hydrogens is 426 g/mol. The monoisotopic (exact) mass is 444 g/mol. The second-order valence-electron chi connectivity index (χ2n) is 7.41. The van der Waals surface area contributed by atoms with Gasteiger partial charge in [0.2, 0.25) is 6.43 Å². The van der Waals surface area contributed by atoms with Gasteiger partial charge in [-0.2, -0.15) is 35.1 Å². The summed E-state index contributed by atoms with van der Waals surface area (Å²) in [5.74, 6) is -23.1. The highest BCUT2D eigenvalue weighted by Gasteiger charge is 2.62. The number of allylic oxidation sites excluding steroid dienone is 2. The predicted molar refractivity (Wildman–Crippen MR) is 79.4 cm³/mol. The Hall–Kier alpha value is -1.49. The van der Waals surface area contributed by atoms with E-state index in [2.05, 4.69) is 4.74 Å². The van der Waals surface area contributed by atoms with E-state index in [1.54, 1.807) is 6.08 Å². The standard InChI is InChI=1S/C17H18F10O2/c18-12(19)7-16(24,25)14(20,21)3-4-15(22,23)17(26,27)8-29-13(28)11-6-9-1-2-10(11)5-9/h1-2,9-12H,3-8H2. The van der Waals surface area contributed by atoms with Crippen LogP contribution in [-0.4, -0.2) is 42.7 Å². The van der Waals surface area contributed by atoms with Crippen molar-refractivity contribution in [3.63, 3.8) is 0 Å². The molecule has 0 aromatic carbocycles. The first kappa shape index (κ1) is 23.8. The van der Waals surface area contributed by atoms with Crippen molar-refractivity contribution in [3.8, 4) is 0 Å². The summed E-state index contributed by atoms with van der Waals surface area (Å²) >= 11 is 0. The molecule has 0 aromatic heterocycles. The van der Waals surface area contributed by atoms with E-state index in [9.17, 15) is 48.7 Å². The molecule has 0 heterocycles. The van der Waals surface area contributed by atoms with Crippen molar-refractivity contribution in [2.24, 2.45) is 17.8 Å². The van der Waals surface area contributed by atoms with Crippen molar-refractivity contribution in [2.45, 2.75) is 62.2 Å². The fourth-order valence-electron chi connectivity index (χ4n) is 3.45. The largest absolute Gasteiger partial charge is 0.459 e. The van der Waals surface area contributed by atoms with Crippen LogP contribution in [0, 0.1) is 17.8 Å². The summed E-state index contributed by atoms with van der Waals surface area (Å²) < 4.78 is 136. The molecule has 12 heteroatoms. The molecule has 2 nitrogen and oxygen atoms in total. The summed E-state index contributed by atoms with van der Waals surface area (Å²) in [5, 5.41) is 0. The minimum absolute atomic E-state index is 0.0663. The predicted octanol–water partition coefficient (Wildman–Crippen LogP) is 5.72. The number of fused-ring (bicyclic) bond motifs is 2. The molecule has 168 valence electrons. The minimum atomic E-state index is -5.35. The summed E-state index contributed by atoms with van der Waals surface area (Å²) in [6.45, 7) is -2.12. The highest BCUT2D eigenvalue weighted by molar-refractivity contribution is 5.74. The lowest BCUT2D eigenvalue weighted by molar-refractivity contribution is -0.258. The van der Waals surface area contributed by atoms with E-state index in [4.69, 9.17) is 0 Å². The SMILES string of the molecule is O=C(OCC(F)(F)C(F)(F)CCC(F)(F)C(F)(F)CC(F)F)C1CC2C=CC1C2. The van der Waals surface area contributed by atoms with Crippen molar-refractivity contribution in [1.29, 1.82) is 0 Å². The molecule has 0 aliphatic heterocycles. The van der Waals surface area contributed by atoms with Crippen LogP contribution in [0.25, 0.3) is 0 Å². The second-order valence-corrected chi connectivity index (χ2v) is 7.41. The van der Waals surface area contributed by atoms with Gasteiger partial charge in [-0.25, -0.2) is 8.78 Å². The quantitative estimate of drug-likeness (QED) is 0.245. The van der Waals surface area contributed by atoms with Gasteiger partial charge in [0.15, 0.2) is 6.61 Å². The molecule has 1 saturated carbocycles. The van der Waals surface area contributed by atoms with Gasteiger partial charge in [0.05, 0.1) is 12.3 Å². The van der Waals surface area contributed by atoms with Gasteiger partial charge in [-0.05, 0) is 24.7 Å². The van der Waals surface area contributed by atoms with Crippen LogP contribution in [0.2, 0.25) is 0 Å². The number of esters is 1. The molecule has 2 bridgehead atoms. The van der Waals surface area contributed by atoms with Crippen molar-refractivity contribution in [3.05, 3.63) is 12.2 Å². The number of hydrogen-bond acceptors (Lipinski definition) is 2. The lowest BCUT2D eigenvalue weighted by Crippen LogP contribution is -2.48. The van der Waals surface area contributed by atoms with Crippen LogP contribution < -0.4 is 0 Å². The molecule has 29 heavy (non-hydrogen) atoms. The van der Waals surface area contributed by atoms with Gasteiger partial charge < -0.3 is 4.74 Å². The number of hydrogen-bond donors (Lipinski definition) is 0. The Labute approximate surface area is 159 Å². The summed E-state index contributed by atoms with van der Waals surface area (Å²) in [4.78, 5) is 11.8. The lowest BCUT2D eigenvalue weighted by Gasteiger charge is -2.30. The smallest absolute Gasteiger partial charge is 0.343 e. The molecule has 2 aliphatic carbocycles. The van der Waals surface area contributed by atoms with E-state index in [-0.39, 0.29) is 11.8 Å². The van der Waals surface area contributed by atoms with Crippen LogP contribution >= 0.6 is 0 Å². The summed E-state index contributed by atoms with van der Waals surface area (Å²) in [7, 11) is 0. The van der Waals surface area contributed by atoms with E-state index in [1.165, 1.54) is 0 Å². The Bertz CT molecular complexity index is 632. The Morgan fingerprint density at radius 2 is 1.41 bits per heavy atom. The lowest BCUT2D eigenvalue weighted by atomic mass is 9.94. The zero-order valence-corrected chi connectivity index (χ0v) is 14.8. The molecular formula is C17H18F10O2. The summed E-state index contributed by atoms with van der Waals surface area (Å²) in [5.41, 5.74) is 0. The molecule has 0 aromatic rings. The maximum Gasteiger partial charge on any atom is 0.343 e. The van der Waals surface area contributed by atoms with Crippen molar-refractivity contribution in [2.75, 3.05) is 6.61 Å². The van der Waals surface area contributed by atoms with Crippen LogP contribution in [0.4, 0.5) is 43.9 Å². The first-order valence-electron chi connectivity index (χ1n) is 8.72. The van der Waals surface area contributed by atoms with Gasteiger partial charge in [0.25, 0.3) is 0 Å². The van der Waals surface area contributed by atoms with Gasteiger partial charge in [0.1, 0.15) is 0 Å². The van der Waals surface area contributed by atoms with Crippen molar-refractivity contribution < 1.29 is 53.4 Å². The Balaban J connectivity index is 1.92. The van der Waals surface area contributed by atoms with Crippen LogP contribution in [0.15, 0.2) is 12.2 Å². The number of carbonyl (C=O) groups excluding carboxylic acids is 1. The van der Waals surface area contributed by atoms with Gasteiger partial charge in [-0.3, -0.25) is 4.79 Å². The zero-order chi connectivity index (χ0) is 22.3. The van der Waals surface area contributed by atoms with Crippen LogP contribution in [0.3, 0.4) is 0 Å². The fourth-order valence-corrected chi connectivity index (χ4v) is 3.45. The molecule has 3 atom stereocenters. The highest BCUT2D eigenvalue weighted by Crippen LogP contribution is 2.47. The molecule has 0 N–H and O–H groups in total. The van der Waals surface area contributed by atoms with Gasteiger partial charge in [0, 0.05) is 12.8 Å². The van der Waals surface area contributed by atoms with E-state index in [0.29, 0.717) is 12.8 Å². The average Bonchev–Trinajstić information content (AvgIpc) is 3.20. The van der Waals surface area contributed by atoms with E-state index < -0.39 is 67.9 Å². The summed E-state index contributed by atoms with van der Waals surface area (Å²) in [6.07, 6.45) is -6.88. The molecule has 3 unspecified atom stereocenters. The Kier molecular flexibility index (Phi) is 6.54. The molecule has 2 rings (SSSR count). The van der Waals surface area contributed by atoms with Crippen molar-refractivity contribution >= 4 is 5.97 Å². The first-order chi connectivity index (χ1) is 13.1. The number of ether oxygens (including phenoxy) is 1. The molecule has 0 radical (unpaired) electrons. The maximum atomic E-state index is 13.7. The number of halogens is 10. The van der Waals surface area contributed by atoms with Crippen LogP contribution in [0.1, 0.15) is 32.1 Å². The van der Waals surface area contributed by atoms with Gasteiger partial charge >= 0.3 is 29.7 Å². The van der Waals surface area contributed by atoms with Crippen LogP contribution in [-0.2, 0) is 9.53 Å². The molecule has 2 aliphatic rings. The average molecular weight is 444 g/mol. The molecule has 0 amide bonds. The number of alkyl halides is 10. The molecule has 0 saturated heterocycles. The highest BCUT2D eigenvalue weighted by atomic mass is 19.3. The maximum absolute atomic E-state index is 13.7. The fraction of sp³-hybridized carbons (Fsp3) is 0.824. The molecule has 1 fully saturated rings. The first-order valence-corrected chi connectivity index (χ1v) is 8.72. The van der Waals surface area contributed by atoms with E-state index >= 15 is 0 Å². The van der Waals surface area contributed by atoms with Gasteiger partial charge in [-0.1, -0.05) is 12.2 Å². The normalized spacial score (nSPS) is 25.1. The third kappa shape index (κ3) is 5.17.